The van der Waals surface area contributed by atoms with Crippen molar-refractivity contribution >= 4 is 23.3 Å². The third kappa shape index (κ3) is 4.42. The van der Waals surface area contributed by atoms with Crippen molar-refractivity contribution in [2.75, 3.05) is 5.01 Å². The second kappa shape index (κ2) is 8.94. The van der Waals surface area contributed by atoms with E-state index < -0.39 is 11.9 Å². The van der Waals surface area contributed by atoms with Crippen molar-refractivity contribution in [1.29, 1.82) is 0 Å². The average Bonchev–Trinajstić information content (AvgIpc) is 3.28. The van der Waals surface area contributed by atoms with E-state index in [1.807, 2.05) is 30.3 Å². The molecule has 1 unspecified atom stereocenters. The Morgan fingerprint density at radius 1 is 1.20 bits per heavy atom. The summed E-state index contributed by atoms with van der Waals surface area (Å²) < 4.78 is 6.03. The quantitative estimate of drug-likeness (QED) is 0.766. The van der Waals surface area contributed by atoms with Gasteiger partial charge < -0.3 is 10.1 Å². The first-order chi connectivity index (χ1) is 14.6. The van der Waals surface area contributed by atoms with E-state index in [1.54, 1.807) is 25.3 Å². The Labute approximate surface area is 175 Å². The summed E-state index contributed by atoms with van der Waals surface area (Å²) in [4.78, 5) is 33.8. The number of carbonyl (C=O) groups excluding carboxylic acids is 2. The molecule has 2 amide bonds. The molecule has 1 atom stereocenters. The maximum atomic E-state index is 12.8. The van der Waals surface area contributed by atoms with Crippen LogP contribution in [-0.2, 0) is 16.1 Å². The Kier molecular flexibility index (Phi) is 5.92. The minimum atomic E-state index is -0.660. The largest absolute Gasteiger partial charge is 0.474 e. The Hall–Kier alpha value is -3.42. The summed E-state index contributed by atoms with van der Waals surface area (Å²) in [6.07, 6.45) is 6.28. The Morgan fingerprint density at radius 3 is 2.73 bits per heavy atom. The van der Waals surface area contributed by atoms with Gasteiger partial charge in [-0.15, -0.1) is 0 Å². The standard InChI is InChI=1S/C22H25N5O3/c1-15-22(29)27(17-9-3-2-4-10-17)26-19(25-15)20(28)24-14-16-8-7-13-23-21(16)30-18-11-5-6-12-18/h2-4,7-10,13,15,18H,5-6,11-12,14H2,1H3,(H,24,28)(H,25,26). The normalized spacial score (nSPS) is 19.2. The molecule has 2 heterocycles. The second-order valence-electron chi connectivity index (χ2n) is 7.45. The van der Waals surface area contributed by atoms with Crippen LogP contribution >= 0.6 is 0 Å². The van der Waals surface area contributed by atoms with Crippen LogP contribution < -0.4 is 20.5 Å². The van der Waals surface area contributed by atoms with Gasteiger partial charge in [0, 0.05) is 18.3 Å². The maximum Gasteiger partial charge on any atom is 0.288 e. The lowest BCUT2D eigenvalue weighted by molar-refractivity contribution is -0.120. The van der Waals surface area contributed by atoms with Gasteiger partial charge >= 0.3 is 0 Å². The van der Waals surface area contributed by atoms with Crippen molar-refractivity contribution < 1.29 is 14.3 Å². The molecule has 2 aromatic rings. The number of aromatic nitrogens is 1. The Bertz CT molecular complexity index is 941. The highest BCUT2D eigenvalue weighted by Crippen LogP contribution is 2.25. The molecular weight excluding hydrogens is 382 g/mol. The smallest absolute Gasteiger partial charge is 0.288 e. The molecule has 1 saturated carbocycles. The molecule has 1 aromatic heterocycles. The first kappa shape index (κ1) is 19.9. The predicted octanol–water partition coefficient (Wildman–Crippen LogP) is 2.36. The lowest BCUT2D eigenvalue weighted by atomic mass is 10.2. The summed E-state index contributed by atoms with van der Waals surface area (Å²) in [5.74, 6) is 0.0222. The van der Waals surface area contributed by atoms with Gasteiger partial charge in [-0.3, -0.25) is 15.0 Å². The average molecular weight is 407 g/mol. The van der Waals surface area contributed by atoms with Gasteiger partial charge in [-0.1, -0.05) is 24.3 Å². The molecule has 8 nitrogen and oxygen atoms in total. The van der Waals surface area contributed by atoms with Crippen LogP contribution in [0.15, 0.2) is 53.7 Å². The van der Waals surface area contributed by atoms with Crippen LogP contribution in [0.4, 0.5) is 5.69 Å². The van der Waals surface area contributed by atoms with Crippen molar-refractivity contribution in [3.8, 4) is 5.88 Å². The van der Waals surface area contributed by atoms with Crippen molar-refractivity contribution in [2.24, 2.45) is 4.99 Å². The third-order valence-electron chi connectivity index (χ3n) is 5.22. The summed E-state index contributed by atoms with van der Waals surface area (Å²) >= 11 is 0. The minimum Gasteiger partial charge on any atom is -0.474 e. The highest BCUT2D eigenvalue weighted by atomic mass is 16.5. The fourth-order valence-electron chi connectivity index (χ4n) is 3.59. The van der Waals surface area contributed by atoms with E-state index in [0.29, 0.717) is 11.6 Å². The summed E-state index contributed by atoms with van der Waals surface area (Å²) in [5.41, 5.74) is 4.29. The molecule has 0 spiro atoms. The van der Waals surface area contributed by atoms with E-state index in [4.69, 9.17) is 4.74 Å². The third-order valence-corrected chi connectivity index (χ3v) is 5.22. The number of para-hydroxylation sites is 1. The number of nitrogens with one attached hydrogen (secondary N) is 2. The summed E-state index contributed by atoms with van der Waals surface area (Å²) in [7, 11) is 0. The number of hydrazine groups is 1. The molecule has 8 heteroatoms. The highest BCUT2D eigenvalue weighted by Gasteiger charge is 2.30. The van der Waals surface area contributed by atoms with Crippen molar-refractivity contribution in [2.45, 2.75) is 51.3 Å². The molecule has 30 heavy (non-hydrogen) atoms. The van der Waals surface area contributed by atoms with Crippen LogP contribution in [-0.4, -0.2) is 34.8 Å². The number of anilines is 1. The van der Waals surface area contributed by atoms with Gasteiger partial charge in [0.1, 0.15) is 12.1 Å². The van der Waals surface area contributed by atoms with Crippen LogP contribution in [0.2, 0.25) is 0 Å². The fraction of sp³-hybridized carbons (Fsp3) is 0.364. The van der Waals surface area contributed by atoms with Gasteiger partial charge in [0.25, 0.3) is 11.8 Å². The molecule has 2 aliphatic rings. The first-order valence-corrected chi connectivity index (χ1v) is 10.2. The Balaban J connectivity index is 1.43. The molecule has 0 radical (unpaired) electrons. The molecule has 1 fully saturated rings. The van der Waals surface area contributed by atoms with Crippen LogP contribution in [0, 0.1) is 0 Å². The number of rotatable bonds is 6. The number of nitrogens with zero attached hydrogens (tertiary/aromatic N) is 3. The Morgan fingerprint density at radius 2 is 1.97 bits per heavy atom. The van der Waals surface area contributed by atoms with Crippen molar-refractivity contribution in [3.63, 3.8) is 0 Å². The number of hydrogen-bond donors (Lipinski definition) is 2. The maximum absolute atomic E-state index is 12.8. The number of amidine groups is 1. The zero-order valence-corrected chi connectivity index (χ0v) is 16.9. The van der Waals surface area contributed by atoms with Gasteiger partial charge in [-0.2, -0.15) is 0 Å². The monoisotopic (exact) mass is 407 g/mol. The second-order valence-corrected chi connectivity index (χ2v) is 7.45. The van der Waals surface area contributed by atoms with E-state index in [2.05, 4.69) is 20.7 Å². The number of amides is 2. The topological polar surface area (TPSA) is 95.9 Å². The number of carbonyl (C=O) groups is 2. The number of pyridine rings is 1. The van der Waals surface area contributed by atoms with Gasteiger partial charge in [-0.05, 0) is 50.8 Å². The summed E-state index contributed by atoms with van der Waals surface area (Å²) in [6, 6.07) is 12.1. The molecule has 2 N–H and O–H groups in total. The molecule has 4 rings (SSSR count). The van der Waals surface area contributed by atoms with E-state index in [9.17, 15) is 9.59 Å². The highest BCUT2D eigenvalue weighted by molar-refractivity contribution is 6.39. The molecule has 1 aliphatic heterocycles. The predicted molar refractivity (Wildman–Crippen MR) is 113 cm³/mol. The van der Waals surface area contributed by atoms with E-state index in [0.717, 1.165) is 18.4 Å². The number of aliphatic imine (C=N–C) groups is 1. The van der Waals surface area contributed by atoms with Crippen LogP contribution in [0.3, 0.4) is 0 Å². The summed E-state index contributed by atoms with van der Waals surface area (Å²) in [6.45, 7) is 1.92. The number of benzene rings is 1. The van der Waals surface area contributed by atoms with Gasteiger partial charge in [0.2, 0.25) is 11.7 Å². The van der Waals surface area contributed by atoms with E-state index >= 15 is 0 Å². The van der Waals surface area contributed by atoms with E-state index in [-0.39, 0.29) is 24.4 Å². The van der Waals surface area contributed by atoms with E-state index in [1.165, 1.54) is 17.9 Å². The molecule has 0 saturated heterocycles. The number of ether oxygens (including phenoxy) is 1. The number of hydrogen-bond acceptors (Lipinski definition) is 6. The molecule has 1 aromatic carbocycles. The van der Waals surface area contributed by atoms with Gasteiger partial charge in [0.15, 0.2) is 0 Å². The van der Waals surface area contributed by atoms with Gasteiger partial charge in [0.05, 0.1) is 5.69 Å². The molecule has 156 valence electrons. The van der Waals surface area contributed by atoms with Crippen LogP contribution in [0.5, 0.6) is 5.88 Å². The zero-order chi connectivity index (χ0) is 20.9. The molecule has 1 aliphatic carbocycles. The van der Waals surface area contributed by atoms with Crippen LogP contribution in [0.25, 0.3) is 0 Å². The van der Waals surface area contributed by atoms with Gasteiger partial charge in [-0.25, -0.2) is 15.0 Å². The van der Waals surface area contributed by atoms with Crippen LogP contribution in [0.1, 0.15) is 38.2 Å². The van der Waals surface area contributed by atoms with Crippen molar-refractivity contribution in [1.82, 2.24) is 15.7 Å². The summed E-state index contributed by atoms with van der Waals surface area (Å²) in [5, 5.41) is 4.20. The van der Waals surface area contributed by atoms with Crippen molar-refractivity contribution in [3.05, 3.63) is 54.2 Å². The fourth-order valence-corrected chi connectivity index (χ4v) is 3.59. The minimum absolute atomic E-state index is 0.0908. The lowest BCUT2D eigenvalue weighted by Crippen LogP contribution is -2.57. The molecular formula is C22H25N5O3. The lowest BCUT2D eigenvalue weighted by Gasteiger charge is -2.30. The zero-order valence-electron chi connectivity index (χ0n) is 16.9. The first-order valence-electron chi connectivity index (χ1n) is 10.2. The molecule has 0 bridgehead atoms. The SMILES string of the molecule is CC1N=C(C(=O)NCc2cccnc2OC2CCCC2)NN(c2ccccc2)C1=O.